The van der Waals surface area contributed by atoms with Crippen LogP contribution < -0.4 is 20.9 Å². The van der Waals surface area contributed by atoms with Gasteiger partial charge in [-0.1, -0.05) is 12.1 Å². The lowest BCUT2D eigenvalue weighted by Gasteiger charge is -2.15. The van der Waals surface area contributed by atoms with Crippen LogP contribution in [0.3, 0.4) is 0 Å². The van der Waals surface area contributed by atoms with Crippen molar-refractivity contribution in [2.75, 3.05) is 7.11 Å². The minimum Gasteiger partial charge on any atom is -0.497 e. The van der Waals surface area contributed by atoms with Crippen molar-refractivity contribution in [3.63, 3.8) is 0 Å². The van der Waals surface area contributed by atoms with Crippen LogP contribution in [0, 0.1) is 5.82 Å². The van der Waals surface area contributed by atoms with Crippen LogP contribution in [0.5, 0.6) is 5.75 Å². The molecular formula is C19H19F4N3O2. The Balaban J connectivity index is 1.63. The van der Waals surface area contributed by atoms with E-state index in [0.29, 0.717) is 18.2 Å². The number of benzene rings is 2. The first-order chi connectivity index (χ1) is 13.3. The molecule has 0 aliphatic carbocycles. The van der Waals surface area contributed by atoms with Crippen molar-refractivity contribution in [1.82, 2.24) is 16.2 Å². The molecule has 2 aromatic rings. The lowest BCUT2D eigenvalue weighted by Crippen LogP contribution is -2.43. The third kappa shape index (κ3) is 4.60. The summed E-state index contributed by atoms with van der Waals surface area (Å²) in [4.78, 5) is 12.4. The SMILES string of the molecule is COc1cccc(C2CC(C(=O)NCc3cc(F)ccc3C(F)(F)F)NN2)c1. The number of amides is 1. The normalized spacial score (nSPS) is 19.5. The van der Waals surface area contributed by atoms with Gasteiger partial charge in [-0.2, -0.15) is 13.2 Å². The Morgan fingerprint density at radius 2 is 2.00 bits per heavy atom. The van der Waals surface area contributed by atoms with Crippen LogP contribution in [-0.2, 0) is 17.5 Å². The Kier molecular flexibility index (Phi) is 5.85. The number of methoxy groups -OCH3 is 1. The van der Waals surface area contributed by atoms with Gasteiger partial charge in [-0.25, -0.2) is 15.2 Å². The van der Waals surface area contributed by atoms with E-state index in [1.807, 2.05) is 18.2 Å². The summed E-state index contributed by atoms with van der Waals surface area (Å²) >= 11 is 0. The van der Waals surface area contributed by atoms with E-state index < -0.39 is 36.1 Å². The minimum atomic E-state index is -4.63. The Morgan fingerprint density at radius 3 is 2.71 bits per heavy atom. The number of nitrogens with one attached hydrogen (secondary N) is 3. The number of carbonyl (C=O) groups excluding carboxylic acids is 1. The molecule has 0 radical (unpaired) electrons. The van der Waals surface area contributed by atoms with E-state index in [-0.39, 0.29) is 11.6 Å². The summed E-state index contributed by atoms with van der Waals surface area (Å²) in [7, 11) is 1.55. The van der Waals surface area contributed by atoms with Gasteiger partial charge in [0.05, 0.1) is 12.7 Å². The molecule has 1 aliphatic heterocycles. The molecule has 0 saturated carbocycles. The van der Waals surface area contributed by atoms with Gasteiger partial charge >= 0.3 is 6.18 Å². The van der Waals surface area contributed by atoms with Gasteiger partial charge in [0.15, 0.2) is 0 Å². The van der Waals surface area contributed by atoms with E-state index in [9.17, 15) is 22.4 Å². The molecule has 2 atom stereocenters. The van der Waals surface area contributed by atoms with Gasteiger partial charge in [-0.15, -0.1) is 0 Å². The highest BCUT2D eigenvalue weighted by molar-refractivity contribution is 5.82. The molecule has 1 aliphatic rings. The predicted molar refractivity (Wildman–Crippen MR) is 93.7 cm³/mol. The molecule has 9 heteroatoms. The second-order valence-corrected chi connectivity index (χ2v) is 6.42. The fraction of sp³-hybridized carbons (Fsp3) is 0.316. The van der Waals surface area contributed by atoms with Crippen molar-refractivity contribution in [3.8, 4) is 5.75 Å². The quantitative estimate of drug-likeness (QED) is 0.679. The lowest BCUT2D eigenvalue weighted by atomic mass is 10.0. The average Bonchev–Trinajstić information content (AvgIpc) is 3.15. The van der Waals surface area contributed by atoms with Gasteiger partial charge in [-0.05, 0) is 47.9 Å². The van der Waals surface area contributed by atoms with Crippen molar-refractivity contribution in [2.24, 2.45) is 0 Å². The van der Waals surface area contributed by atoms with Crippen LogP contribution in [0.4, 0.5) is 17.6 Å². The Labute approximate surface area is 159 Å². The maximum atomic E-state index is 13.3. The number of hydrazine groups is 1. The molecule has 2 unspecified atom stereocenters. The fourth-order valence-electron chi connectivity index (χ4n) is 3.10. The summed E-state index contributed by atoms with van der Waals surface area (Å²) in [6.07, 6.45) is -4.23. The van der Waals surface area contributed by atoms with E-state index in [1.54, 1.807) is 13.2 Å². The Bertz CT molecular complexity index is 857. The molecule has 0 aromatic heterocycles. The monoisotopic (exact) mass is 397 g/mol. The van der Waals surface area contributed by atoms with Gasteiger partial charge in [0, 0.05) is 12.6 Å². The van der Waals surface area contributed by atoms with Crippen molar-refractivity contribution in [2.45, 2.75) is 31.2 Å². The van der Waals surface area contributed by atoms with Gasteiger partial charge in [0.1, 0.15) is 17.6 Å². The smallest absolute Gasteiger partial charge is 0.416 e. The molecule has 3 N–H and O–H groups in total. The van der Waals surface area contributed by atoms with E-state index >= 15 is 0 Å². The number of halogens is 4. The summed E-state index contributed by atoms with van der Waals surface area (Å²) in [6.45, 7) is -0.423. The number of hydrogen-bond acceptors (Lipinski definition) is 4. The van der Waals surface area contributed by atoms with Crippen molar-refractivity contribution < 1.29 is 27.1 Å². The predicted octanol–water partition coefficient (Wildman–Crippen LogP) is 3.08. The second kappa shape index (κ2) is 8.15. The number of rotatable bonds is 5. The molecule has 3 rings (SSSR count). The molecule has 28 heavy (non-hydrogen) atoms. The molecule has 1 heterocycles. The highest BCUT2D eigenvalue weighted by Crippen LogP contribution is 2.32. The zero-order valence-electron chi connectivity index (χ0n) is 14.9. The highest BCUT2D eigenvalue weighted by Gasteiger charge is 2.34. The average molecular weight is 397 g/mol. The van der Waals surface area contributed by atoms with Crippen molar-refractivity contribution in [3.05, 3.63) is 65.0 Å². The first kappa shape index (κ1) is 20.1. The van der Waals surface area contributed by atoms with Gasteiger partial charge in [0.25, 0.3) is 0 Å². The fourth-order valence-corrected chi connectivity index (χ4v) is 3.10. The summed E-state index contributed by atoms with van der Waals surface area (Å²) < 4.78 is 57.6. The molecule has 2 aromatic carbocycles. The molecule has 1 fully saturated rings. The van der Waals surface area contributed by atoms with Gasteiger partial charge in [0.2, 0.25) is 5.91 Å². The summed E-state index contributed by atoms with van der Waals surface area (Å²) in [6, 6.07) is 8.74. The molecule has 5 nitrogen and oxygen atoms in total. The molecular weight excluding hydrogens is 378 g/mol. The topological polar surface area (TPSA) is 62.4 Å². The Morgan fingerprint density at radius 1 is 1.21 bits per heavy atom. The third-order valence-corrected chi connectivity index (χ3v) is 4.54. The van der Waals surface area contributed by atoms with Crippen molar-refractivity contribution >= 4 is 5.91 Å². The first-order valence-electron chi connectivity index (χ1n) is 8.56. The zero-order chi connectivity index (χ0) is 20.3. The maximum Gasteiger partial charge on any atom is 0.416 e. The molecule has 0 spiro atoms. The molecule has 150 valence electrons. The largest absolute Gasteiger partial charge is 0.497 e. The number of ether oxygens (including phenoxy) is 1. The van der Waals surface area contributed by atoms with Gasteiger partial charge in [-0.3, -0.25) is 4.79 Å². The van der Waals surface area contributed by atoms with E-state index in [1.165, 1.54) is 0 Å². The molecule has 1 saturated heterocycles. The van der Waals surface area contributed by atoms with Crippen LogP contribution in [0.2, 0.25) is 0 Å². The van der Waals surface area contributed by atoms with E-state index in [4.69, 9.17) is 4.74 Å². The zero-order valence-corrected chi connectivity index (χ0v) is 14.9. The Hall–Kier alpha value is -2.65. The van der Waals surface area contributed by atoms with Crippen LogP contribution >= 0.6 is 0 Å². The number of carbonyl (C=O) groups is 1. The second-order valence-electron chi connectivity index (χ2n) is 6.42. The summed E-state index contributed by atoms with van der Waals surface area (Å²) in [5.41, 5.74) is 5.44. The lowest BCUT2D eigenvalue weighted by molar-refractivity contribution is -0.138. The standard InChI is InChI=1S/C19H19F4N3O2/c1-28-14-4-2-3-11(8-14)16-9-17(26-25-16)18(27)24-10-12-7-13(20)5-6-15(12)19(21,22)23/h2-8,16-17,25-26H,9-10H2,1H3,(H,24,27). The summed E-state index contributed by atoms with van der Waals surface area (Å²) in [5, 5.41) is 2.44. The molecule has 1 amide bonds. The highest BCUT2D eigenvalue weighted by atomic mass is 19.4. The third-order valence-electron chi connectivity index (χ3n) is 4.54. The van der Waals surface area contributed by atoms with Crippen LogP contribution in [-0.4, -0.2) is 19.1 Å². The van der Waals surface area contributed by atoms with Crippen molar-refractivity contribution in [1.29, 1.82) is 0 Å². The summed E-state index contributed by atoms with van der Waals surface area (Å²) in [5.74, 6) is -0.593. The van der Waals surface area contributed by atoms with E-state index in [0.717, 1.165) is 17.7 Å². The van der Waals surface area contributed by atoms with Gasteiger partial charge < -0.3 is 10.1 Å². The van der Waals surface area contributed by atoms with Crippen LogP contribution in [0.15, 0.2) is 42.5 Å². The minimum absolute atomic E-state index is 0.161. The maximum absolute atomic E-state index is 13.3. The van der Waals surface area contributed by atoms with E-state index in [2.05, 4.69) is 16.2 Å². The molecule has 0 bridgehead atoms. The van der Waals surface area contributed by atoms with Crippen LogP contribution in [0.1, 0.15) is 29.2 Å². The first-order valence-corrected chi connectivity index (χ1v) is 8.56. The number of hydrogen-bond donors (Lipinski definition) is 3. The van der Waals surface area contributed by atoms with Crippen LogP contribution in [0.25, 0.3) is 0 Å². The number of alkyl halides is 3.